The number of rotatable bonds is 3. The molecule has 0 saturated carbocycles. The van der Waals surface area contributed by atoms with Gasteiger partial charge in [0.25, 0.3) is 0 Å². The van der Waals surface area contributed by atoms with E-state index in [1.54, 1.807) is 6.20 Å². The predicted molar refractivity (Wildman–Crippen MR) is 52.2 cm³/mol. The quantitative estimate of drug-likeness (QED) is 0.800. The lowest BCUT2D eigenvalue weighted by Crippen LogP contribution is -2.19. The molecule has 0 radical (unpaired) electrons. The van der Waals surface area contributed by atoms with Crippen LogP contribution < -0.4 is 4.74 Å². The second-order valence-corrected chi connectivity index (χ2v) is 3.70. The third-order valence-corrected chi connectivity index (χ3v) is 2.12. The lowest BCUT2D eigenvalue weighted by Gasteiger charge is -2.06. The molecule has 1 rings (SSSR count). The SMILES string of the molecule is CCn1cc(I)c(OCC(F)(F)F)n1. The minimum atomic E-state index is -4.32. The average Bonchev–Trinajstić information content (AvgIpc) is 2.42. The number of halogens is 4. The first-order valence-corrected chi connectivity index (χ1v) is 4.92. The molecule has 0 saturated heterocycles. The molecule has 0 unspecified atom stereocenters. The molecule has 1 heterocycles. The topological polar surface area (TPSA) is 27.1 Å². The van der Waals surface area contributed by atoms with Crippen LogP contribution in [-0.2, 0) is 6.54 Å². The molecule has 80 valence electrons. The summed E-state index contributed by atoms with van der Waals surface area (Å²) in [5.74, 6) is 0.0322. The summed E-state index contributed by atoms with van der Waals surface area (Å²) in [5, 5.41) is 3.82. The smallest absolute Gasteiger partial charge is 0.422 e. The van der Waals surface area contributed by atoms with Crippen molar-refractivity contribution in [1.29, 1.82) is 0 Å². The standard InChI is InChI=1S/C7H8F3IN2O/c1-2-13-3-5(11)6(12-13)14-4-7(8,9)10/h3H,2,4H2,1H3. The van der Waals surface area contributed by atoms with Crippen molar-refractivity contribution in [3.63, 3.8) is 0 Å². The molecular weight excluding hydrogens is 312 g/mol. The average molecular weight is 320 g/mol. The van der Waals surface area contributed by atoms with Crippen molar-refractivity contribution in [1.82, 2.24) is 9.78 Å². The normalized spacial score (nSPS) is 11.8. The van der Waals surface area contributed by atoms with Gasteiger partial charge in [0, 0.05) is 12.7 Å². The highest BCUT2D eigenvalue weighted by Gasteiger charge is 2.29. The van der Waals surface area contributed by atoms with E-state index in [1.165, 1.54) is 4.68 Å². The van der Waals surface area contributed by atoms with E-state index >= 15 is 0 Å². The summed E-state index contributed by atoms with van der Waals surface area (Å²) in [4.78, 5) is 0. The van der Waals surface area contributed by atoms with Crippen LogP contribution in [-0.4, -0.2) is 22.6 Å². The molecule has 1 aromatic heterocycles. The zero-order valence-electron chi connectivity index (χ0n) is 7.31. The van der Waals surface area contributed by atoms with Crippen LogP contribution in [0.15, 0.2) is 6.20 Å². The molecule has 0 bridgehead atoms. The summed E-state index contributed by atoms with van der Waals surface area (Å²) >= 11 is 1.88. The van der Waals surface area contributed by atoms with Crippen molar-refractivity contribution in [3.05, 3.63) is 9.77 Å². The molecule has 1 aromatic rings. The van der Waals surface area contributed by atoms with Gasteiger partial charge in [-0.05, 0) is 29.5 Å². The van der Waals surface area contributed by atoms with Gasteiger partial charge in [-0.1, -0.05) is 0 Å². The monoisotopic (exact) mass is 320 g/mol. The minimum Gasteiger partial charge on any atom is -0.466 e. The Hall–Kier alpha value is -0.470. The van der Waals surface area contributed by atoms with Crippen LogP contribution in [0.4, 0.5) is 13.2 Å². The van der Waals surface area contributed by atoms with E-state index in [0.717, 1.165) is 0 Å². The lowest BCUT2D eigenvalue weighted by atomic mass is 10.6. The predicted octanol–water partition coefficient (Wildman–Crippen LogP) is 2.45. The summed E-state index contributed by atoms with van der Waals surface area (Å²) in [5.41, 5.74) is 0. The van der Waals surface area contributed by atoms with Crippen LogP contribution in [0, 0.1) is 3.57 Å². The molecule has 0 aliphatic heterocycles. The fraction of sp³-hybridized carbons (Fsp3) is 0.571. The molecule has 0 aliphatic carbocycles. The molecule has 0 fully saturated rings. The Morgan fingerprint density at radius 1 is 1.57 bits per heavy atom. The molecule has 14 heavy (non-hydrogen) atoms. The van der Waals surface area contributed by atoms with E-state index in [4.69, 9.17) is 0 Å². The van der Waals surface area contributed by atoms with E-state index in [0.29, 0.717) is 10.1 Å². The molecule has 0 atom stereocenters. The fourth-order valence-electron chi connectivity index (χ4n) is 0.789. The summed E-state index contributed by atoms with van der Waals surface area (Å²) in [6, 6.07) is 0. The molecule has 7 heteroatoms. The van der Waals surface area contributed by atoms with Crippen LogP contribution >= 0.6 is 22.6 Å². The molecular formula is C7H8F3IN2O. The van der Waals surface area contributed by atoms with Crippen LogP contribution in [0.2, 0.25) is 0 Å². The van der Waals surface area contributed by atoms with Crippen molar-refractivity contribution >= 4 is 22.6 Å². The largest absolute Gasteiger partial charge is 0.466 e. The number of nitrogens with zero attached hydrogens (tertiary/aromatic N) is 2. The van der Waals surface area contributed by atoms with E-state index in [1.807, 2.05) is 29.5 Å². The van der Waals surface area contributed by atoms with Crippen LogP contribution in [0.1, 0.15) is 6.92 Å². The highest BCUT2D eigenvalue weighted by Crippen LogP contribution is 2.21. The van der Waals surface area contributed by atoms with Crippen molar-refractivity contribution in [2.45, 2.75) is 19.6 Å². The van der Waals surface area contributed by atoms with Gasteiger partial charge in [-0.3, -0.25) is 4.68 Å². The molecule has 0 aromatic carbocycles. The van der Waals surface area contributed by atoms with Crippen LogP contribution in [0.3, 0.4) is 0 Å². The van der Waals surface area contributed by atoms with Crippen molar-refractivity contribution in [2.24, 2.45) is 0 Å². The zero-order chi connectivity index (χ0) is 10.8. The van der Waals surface area contributed by atoms with Crippen molar-refractivity contribution in [3.8, 4) is 5.88 Å². The maximum absolute atomic E-state index is 11.8. The number of ether oxygens (including phenoxy) is 1. The highest BCUT2D eigenvalue weighted by atomic mass is 127. The van der Waals surface area contributed by atoms with E-state index in [2.05, 4.69) is 9.84 Å². The second-order valence-electron chi connectivity index (χ2n) is 2.54. The zero-order valence-corrected chi connectivity index (χ0v) is 9.46. The molecule has 3 nitrogen and oxygen atoms in total. The third-order valence-electron chi connectivity index (χ3n) is 1.38. The Labute approximate surface area is 92.4 Å². The molecule has 0 aliphatic rings. The van der Waals surface area contributed by atoms with Crippen LogP contribution in [0.25, 0.3) is 0 Å². The Bertz CT molecular complexity index is 310. The van der Waals surface area contributed by atoms with Gasteiger partial charge in [0.05, 0.1) is 3.57 Å². The summed E-state index contributed by atoms with van der Waals surface area (Å²) < 4.78 is 42.0. The van der Waals surface area contributed by atoms with Gasteiger partial charge in [0.2, 0.25) is 5.88 Å². The summed E-state index contributed by atoms with van der Waals surface area (Å²) in [7, 11) is 0. The Morgan fingerprint density at radius 2 is 2.21 bits per heavy atom. The van der Waals surface area contributed by atoms with Crippen molar-refractivity contribution < 1.29 is 17.9 Å². The second kappa shape index (κ2) is 4.37. The number of alkyl halides is 3. The number of hydrogen-bond acceptors (Lipinski definition) is 2. The van der Waals surface area contributed by atoms with Gasteiger partial charge < -0.3 is 4.74 Å². The van der Waals surface area contributed by atoms with Gasteiger partial charge in [0.15, 0.2) is 6.61 Å². The maximum atomic E-state index is 11.8. The van der Waals surface area contributed by atoms with Gasteiger partial charge in [-0.15, -0.1) is 5.10 Å². The van der Waals surface area contributed by atoms with E-state index < -0.39 is 12.8 Å². The molecule has 0 spiro atoms. The van der Waals surface area contributed by atoms with Gasteiger partial charge in [0.1, 0.15) is 0 Å². The molecule has 0 amide bonds. The fourth-order valence-corrected chi connectivity index (χ4v) is 1.37. The lowest BCUT2D eigenvalue weighted by molar-refractivity contribution is -0.154. The van der Waals surface area contributed by atoms with Crippen molar-refractivity contribution in [2.75, 3.05) is 6.61 Å². The number of aromatic nitrogens is 2. The first-order chi connectivity index (χ1) is 6.42. The minimum absolute atomic E-state index is 0.0322. The first-order valence-electron chi connectivity index (χ1n) is 3.85. The van der Waals surface area contributed by atoms with E-state index in [9.17, 15) is 13.2 Å². The number of aryl methyl sites for hydroxylation is 1. The Morgan fingerprint density at radius 3 is 2.64 bits per heavy atom. The van der Waals surface area contributed by atoms with Gasteiger partial charge in [-0.2, -0.15) is 13.2 Å². The molecule has 0 N–H and O–H groups in total. The van der Waals surface area contributed by atoms with Gasteiger partial charge >= 0.3 is 6.18 Å². The Balaban J connectivity index is 2.63. The third kappa shape index (κ3) is 3.35. The van der Waals surface area contributed by atoms with Gasteiger partial charge in [-0.25, -0.2) is 0 Å². The van der Waals surface area contributed by atoms with Crippen LogP contribution in [0.5, 0.6) is 5.88 Å². The number of hydrogen-bond donors (Lipinski definition) is 0. The summed E-state index contributed by atoms with van der Waals surface area (Å²) in [6.07, 6.45) is -2.69. The Kier molecular flexibility index (Phi) is 3.62. The highest BCUT2D eigenvalue weighted by molar-refractivity contribution is 14.1. The first kappa shape index (κ1) is 11.6. The van der Waals surface area contributed by atoms with E-state index in [-0.39, 0.29) is 5.88 Å². The summed E-state index contributed by atoms with van der Waals surface area (Å²) in [6.45, 7) is 1.14. The maximum Gasteiger partial charge on any atom is 0.422 e.